The summed E-state index contributed by atoms with van der Waals surface area (Å²) in [4.78, 5) is 19.6. The van der Waals surface area contributed by atoms with Crippen LogP contribution in [0.25, 0.3) is 0 Å². The first-order chi connectivity index (χ1) is 9.63. The Balaban J connectivity index is 1.73. The first-order valence-electron chi connectivity index (χ1n) is 7.21. The molecule has 1 atom stereocenters. The number of halogens is 1. The summed E-state index contributed by atoms with van der Waals surface area (Å²) in [5.41, 5.74) is 0. The molecule has 0 aliphatic carbocycles. The second-order valence-corrected chi connectivity index (χ2v) is 6.07. The Morgan fingerprint density at radius 2 is 1.85 bits per heavy atom. The largest absolute Gasteiger partial charge is 0.347 e. The van der Waals surface area contributed by atoms with Gasteiger partial charge < -0.3 is 9.80 Å². The normalized spacial score (nSPS) is 23.6. The van der Waals surface area contributed by atoms with Crippen LogP contribution >= 0.6 is 11.6 Å². The second kappa shape index (κ2) is 5.69. The lowest BCUT2D eigenvalue weighted by atomic mass is 10.2. The van der Waals surface area contributed by atoms with Crippen molar-refractivity contribution >= 4 is 23.5 Å². The lowest BCUT2D eigenvalue weighted by Gasteiger charge is -2.23. The van der Waals surface area contributed by atoms with Crippen LogP contribution in [0.5, 0.6) is 0 Å². The van der Waals surface area contributed by atoms with Gasteiger partial charge in [-0.15, -0.1) is 0 Å². The van der Waals surface area contributed by atoms with E-state index in [0.29, 0.717) is 17.9 Å². The number of anilines is 2. The average Bonchev–Trinajstić information content (AvgIpc) is 3.09. The molecule has 3 rings (SSSR count). The molecule has 0 spiro atoms. The Hall–Kier alpha value is -1.14. The van der Waals surface area contributed by atoms with E-state index in [1.807, 2.05) is 19.0 Å². The first kappa shape index (κ1) is 13.8. The molecule has 1 unspecified atom stereocenters. The number of hydrogen-bond acceptors (Lipinski definition) is 6. The molecule has 2 fully saturated rings. The molecule has 6 nitrogen and oxygen atoms in total. The van der Waals surface area contributed by atoms with E-state index in [1.54, 1.807) is 0 Å². The smallest absolute Gasteiger partial charge is 0.231 e. The highest BCUT2D eigenvalue weighted by molar-refractivity contribution is 6.28. The lowest BCUT2D eigenvalue weighted by Crippen LogP contribution is -2.35. The highest BCUT2D eigenvalue weighted by Crippen LogP contribution is 2.24. The molecule has 110 valence electrons. The summed E-state index contributed by atoms with van der Waals surface area (Å²) in [7, 11) is 3.82. The van der Waals surface area contributed by atoms with Crippen LogP contribution in [0.3, 0.4) is 0 Å². The minimum Gasteiger partial charge on any atom is -0.347 e. The second-order valence-electron chi connectivity index (χ2n) is 5.73. The number of hydrogen-bond donors (Lipinski definition) is 0. The molecule has 0 aromatic carbocycles. The van der Waals surface area contributed by atoms with Crippen LogP contribution in [0.4, 0.5) is 11.9 Å². The van der Waals surface area contributed by atoms with Gasteiger partial charge in [0.25, 0.3) is 0 Å². The monoisotopic (exact) mass is 296 g/mol. The molecular formula is C13H21ClN6. The number of rotatable bonds is 3. The van der Waals surface area contributed by atoms with E-state index in [0.717, 1.165) is 13.1 Å². The van der Waals surface area contributed by atoms with E-state index in [2.05, 4.69) is 24.8 Å². The number of likely N-dealkylation sites (tertiary alicyclic amines) is 1. The highest BCUT2D eigenvalue weighted by Gasteiger charge is 2.30. The molecule has 2 aliphatic heterocycles. The van der Waals surface area contributed by atoms with E-state index in [9.17, 15) is 0 Å². The van der Waals surface area contributed by atoms with E-state index >= 15 is 0 Å². The van der Waals surface area contributed by atoms with Gasteiger partial charge in [-0.2, -0.15) is 15.0 Å². The van der Waals surface area contributed by atoms with E-state index in [4.69, 9.17) is 11.6 Å². The Kier molecular flexibility index (Phi) is 3.94. The molecule has 0 radical (unpaired) electrons. The Morgan fingerprint density at radius 3 is 2.55 bits per heavy atom. The molecule has 0 amide bonds. The molecule has 0 saturated carbocycles. The SMILES string of the molecule is CN(C)c1nc(Cl)nc(N2CCC(N3CCCC3)C2)n1. The van der Waals surface area contributed by atoms with Gasteiger partial charge in [-0.25, -0.2) is 0 Å². The molecular weight excluding hydrogens is 276 g/mol. The summed E-state index contributed by atoms with van der Waals surface area (Å²) >= 11 is 6.01. The third-order valence-electron chi connectivity index (χ3n) is 4.09. The minimum absolute atomic E-state index is 0.267. The summed E-state index contributed by atoms with van der Waals surface area (Å²) in [6.07, 6.45) is 3.85. The van der Waals surface area contributed by atoms with Crippen molar-refractivity contribution in [3.05, 3.63) is 5.28 Å². The third-order valence-corrected chi connectivity index (χ3v) is 4.26. The molecule has 0 bridgehead atoms. The van der Waals surface area contributed by atoms with Crippen molar-refractivity contribution in [2.45, 2.75) is 25.3 Å². The summed E-state index contributed by atoms with van der Waals surface area (Å²) in [6, 6.07) is 0.635. The molecule has 20 heavy (non-hydrogen) atoms. The van der Waals surface area contributed by atoms with Crippen molar-refractivity contribution in [3.8, 4) is 0 Å². The quantitative estimate of drug-likeness (QED) is 0.837. The number of nitrogens with zero attached hydrogens (tertiary/aromatic N) is 6. The van der Waals surface area contributed by atoms with Crippen molar-refractivity contribution in [1.29, 1.82) is 0 Å². The average molecular weight is 297 g/mol. The first-order valence-corrected chi connectivity index (χ1v) is 7.59. The third kappa shape index (κ3) is 2.81. The summed E-state index contributed by atoms with van der Waals surface area (Å²) in [6.45, 7) is 4.46. The van der Waals surface area contributed by atoms with Crippen molar-refractivity contribution in [2.24, 2.45) is 0 Å². The molecule has 2 aliphatic rings. The van der Waals surface area contributed by atoms with Gasteiger partial charge in [0.15, 0.2) is 0 Å². The Bertz CT molecular complexity index is 474. The van der Waals surface area contributed by atoms with Gasteiger partial charge in [-0.1, -0.05) is 0 Å². The van der Waals surface area contributed by atoms with Crippen LogP contribution in [-0.4, -0.2) is 66.2 Å². The van der Waals surface area contributed by atoms with E-state index in [-0.39, 0.29) is 5.28 Å². The van der Waals surface area contributed by atoms with Gasteiger partial charge in [-0.05, 0) is 44.0 Å². The maximum absolute atomic E-state index is 6.01. The molecule has 7 heteroatoms. The van der Waals surface area contributed by atoms with Crippen molar-refractivity contribution in [2.75, 3.05) is 50.1 Å². The van der Waals surface area contributed by atoms with E-state index < -0.39 is 0 Å². The molecule has 3 heterocycles. The zero-order valence-corrected chi connectivity index (χ0v) is 12.8. The van der Waals surface area contributed by atoms with Crippen molar-refractivity contribution in [1.82, 2.24) is 19.9 Å². The van der Waals surface area contributed by atoms with Gasteiger partial charge in [0.1, 0.15) is 0 Å². The van der Waals surface area contributed by atoms with Gasteiger partial charge in [-0.3, -0.25) is 4.90 Å². The Morgan fingerprint density at radius 1 is 1.10 bits per heavy atom. The predicted molar refractivity (Wildman–Crippen MR) is 80.6 cm³/mol. The van der Waals surface area contributed by atoms with Gasteiger partial charge in [0.2, 0.25) is 17.2 Å². The Labute approximate surface area is 124 Å². The maximum Gasteiger partial charge on any atom is 0.231 e. The van der Waals surface area contributed by atoms with Crippen LogP contribution in [0.2, 0.25) is 5.28 Å². The molecule has 1 aromatic rings. The van der Waals surface area contributed by atoms with Gasteiger partial charge >= 0.3 is 0 Å². The fraction of sp³-hybridized carbons (Fsp3) is 0.769. The van der Waals surface area contributed by atoms with Crippen molar-refractivity contribution in [3.63, 3.8) is 0 Å². The molecule has 1 aromatic heterocycles. The van der Waals surface area contributed by atoms with Crippen LogP contribution in [0.15, 0.2) is 0 Å². The predicted octanol–water partition coefficient (Wildman–Crippen LogP) is 1.27. The van der Waals surface area contributed by atoms with Gasteiger partial charge in [0, 0.05) is 33.2 Å². The van der Waals surface area contributed by atoms with Gasteiger partial charge in [0.05, 0.1) is 0 Å². The van der Waals surface area contributed by atoms with Crippen LogP contribution < -0.4 is 9.80 Å². The summed E-state index contributed by atoms with van der Waals surface area (Å²) in [5, 5.41) is 0.267. The van der Waals surface area contributed by atoms with Crippen LogP contribution in [0.1, 0.15) is 19.3 Å². The standard InChI is InChI=1S/C13H21ClN6/c1-18(2)12-15-11(14)16-13(17-12)20-8-5-10(9-20)19-6-3-4-7-19/h10H,3-9H2,1-2H3. The van der Waals surface area contributed by atoms with E-state index in [1.165, 1.54) is 32.4 Å². The zero-order chi connectivity index (χ0) is 14.1. The fourth-order valence-electron chi connectivity index (χ4n) is 3.00. The summed E-state index contributed by atoms with van der Waals surface area (Å²) in [5.74, 6) is 1.32. The van der Waals surface area contributed by atoms with Crippen LogP contribution in [-0.2, 0) is 0 Å². The zero-order valence-electron chi connectivity index (χ0n) is 12.1. The molecule has 0 N–H and O–H groups in total. The van der Waals surface area contributed by atoms with Crippen molar-refractivity contribution < 1.29 is 0 Å². The maximum atomic E-state index is 6.01. The van der Waals surface area contributed by atoms with Crippen LogP contribution in [0, 0.1) is 0 Å². The topological polar surface area (TPSA) is 48.4 Å². The molecule has 2 saturated heterocycles. The fourth-order valence-corrected chi connectivity index (χ4v) is 3.15. The number of aromatic nitrogens is 3. The highest BCUT2D eigenvalue weighted by atomic mass is 35.5. The minimum atomic E-state index is 0.267. The lowest BCUT2D eigenvalue weighted by molar-refractivity contribution is 0.260. The summed E-state index contributed by atoms with van der Waals surface area (Å²) < 4.78 is 0.